The monoisotopic (exact) mass is 270 g/mol. The summed E-state index contributed by atoms with van der Waals surface area (Å²) in [6.07, 6.45) is 0.483. The van der Waals surface area contributed by atoms with E-state index in [1.54, 1.807) is 0 Å². The molecule has 1 aromatic rings. The Kier molecular flexibility index (Phi) is 5.58. The summed E-state index contributed by atoms with van der Waals surface area (Å²) in [5, 5.41) is 0.418. The van der Waals surface area contributed by atoms with Gasteiger partial charge >= 0.3 is 0 Å². The number of ether oxygens (including phenoxy) is 1. The van der Waals surface area contributed by atoms with Crippen molar-refractivity contribution in [1.82, 2.24) is 0 Å². The third-order valence-corrected chi connectivity index (χ3v) is 2.69. The standard InChI is InChI=1S/C12H15BrO2/c1-10-2-4-11(5-3-10)9-15-7-6-12(14)8-13/h2-5H,6-9H2,1H3. The van der Waals surface area contributed by atoms with Crippen molar-refractivity contribution in [2.24, 2.45) is 0 Å². The normalized spacial score (nSPS) is 10.3. The zero-order chi connectivity index (χ0) is 11.1. The fourth-order valence-electron chi connectivity index (χ4n) is 1.13. The first-order valence-corrected chi connectivity index (χ1v) is 6.05. The molecule has 0 aliphatic rings. The van der Waals surface area contributed by atoms with Crippen LogP contribution in [0, 0.1) is 6.92 Å². The molecule has 1 aromatic carbocycles. The largest absolute Gasteiger partial charge is 0.376 e. The molecule has 0 amide bonds. The van der Waals surface area contributed by atoms with Crippen LogP contribution in [0.1, 0.15) is 17.5 Å². The Morgan fingerprint density at radius 3 is 2.60 bits per heavy atom. The molecule has 0 aromatic heterocycles. The summed E-state index contributed by atoms with van der Waals surface area (Å²) in [5.41, 5.74) is 2.39. The lowest BCUT2D eigenvalue weighted by Gasteiger charge is -2.03. The van der Waals surface area contributed by atoms with E-state index in [-0.39, 0.29) is 5.78 Å². The summed E-state index contributed by atoms with van der Waals surface area (Å²) in [4.78, 5) is 10.9. The summed E-state index contributed by atoms with van der Waals surface area (Å²) in [6.45, 7) is 3.13. The lowest BCUT2D eigenvalue weighted by Crippen LogP contribution is -2.04. The van der Waals surface area contributed by atoms with Crippen LogP contribution >= 0.6 is 15.9 Å². The zero-order valence-corrected chi connectivity index (χ0v) is 10.4. The van der Waals surface area contributed by atoms with E-state index in [1.165, 1.54) is 5.56 Å². The number of halogens is 1. The van der Waals surface area contributed by atoms with Crippen molar-refractivity contribution in [3.63, 3.8) is 0 Å². The van der Waals surface area contributed by atoms with E-state index >= 15 is 0 Å². The van der Waals surface area contributed by atoms with Gasteiger partial charge < -0.3 is 4.74 Å². The molecular formula is C12H15BrO2. The smallest absolute Gasteiger partial charge is 0.145 e. The van der Waals surface area contributed by atoms with Gasteiger partial charge in [-0.2, -0.15) is 0 Å². The van der Waals surface area contributed by atoms with E-state index in [0.717, 1.165) is 5.56 Å². The Balaban J connectivity index is 2.20. The van der Waals surface area contributed by atoms with Crippen molar-refractivity contribution in [2.45, 2.75) is 20.0 Å². The number of Topliss-reactive ketones (excluding diaryl/α,β-unsaturated/α-hetero) is 1. The summed E-state index contributed by atoms with van der Waals surface area (Å²) in [5.74, 6) is 0.180. The van der Waals surface area contributed by atoms with Crippen LogP contribution < -0.4 is 0 Å². The molecule has 0 saturated carbocycles. The highest BCUT2D eigenvalue weighted by molar-refractivity contribution is 9.09. The topological polar surface area (TPSA) is 26.3 Å². The van der Waals surface area contributed by atoms with Crippen molar-refractivity contribution in [2.75, 3.05) is 11.9 Å². The molecular weight excluding hydrogens is 256 g/mol. The molecule has 0 radical (unpaired) electrons. The first-order chi connectivity index (χ1) is 7.22. The second kappa shape index (κ2) is 6.75. The molecule has 0 heterocycles. The van der Waals surface area contributed by atoms with Crippen LogP contribution in [0.3, 0.4) is 0 Å². The molecule has 0 aliphatic heterocycles. The Labute approximate surface area is 98.8 Å². The van der Waals surface area contributed by atoms with Gasteiger partial charge in [0.15, 0.2) is 0 Å². The van der Waals surface area contributed by atoms with E-state index in [1.807, 2.05) is 12.1 Å². The maximum Gasteiger partial charge on any atom is 0.145 e. The molecule has 2 nitrogen and oxygen atoms in total. The average Bonchev–Trinajstić information content (AvgIpc) is 2.26. The molecule has 0 spiro atoms. The Bertz CT molecular complexity index is 306. The van der Waals surface area contributed by atoms with Gasteiger partial charge in [-0.1, -0.05) is 45.8 Å². The Hall–Kier alpha value is -0.670. The predicted molar refractivity (Wildman–Crippen MR) is 64.3 cm³/mol. The van der Waals surface area contributed by atoms with Crippen LogP contribution in [0.5, 0.6) is 0 Å². The minimum atomic E-state index is 0.180. The third-order valence-electron chi connectivity index (χ3n) is 2.06. The van der Waals surface area contributed by atoms with Gasteiger partial charge in [0, 0.05) is 6.42 Å². The van der Waals surface area contributed by atoms with Gasteiger partial charge in [-0.05, 0) is 12.5 Å². The van der Waals surface area contributed by atoms with Gasteiger partial charge in [0.05, 0.1) is 18.5 Å². The number of alkyl halides is 1. The molecule has 0 saturated heterocycles. The van der Waals surface area contributed by atoms with Crippen LogP contribution in [-0.2, 0) is 16.1 Å². The molecule has 0 N–H and O–H groups in total. The van der Waals surface area contributed by atoms with Crippen molar-refractivity contribution in [1.29, 1.82) is 0 Å². The summed E-state index contributed by atoms with van der Waals surface area (Å²) < 4.78 is 5.39. The molecule has 0 atom stereocenters. The molecule has 0 aliphatic carbocycles. The summed E-state index contributed by atoms with van der Waals surface area (Å²) in [7, 11) is 0. The predicted octanol–water partition coefficient (Wildman–Crippen LogP) is 2.87. The highest BCUT2D eigenvalue weighted by Gasteiger charge is 1.99. The maximum atomic E-state index is 10.9. The summed E-state index contributed by atoms with van der Waals surface area (Å²) in [6, 6.07) is 8.20. The number of aryl methyl sites for hydroxylation is 1. The molecule has 0 bridgehead atoms. The van der Waals surface area contributed by atoms with Gasteiger partial charge in [0.2, 0.25) is 0 Å². The van der Waals surface area contributed by atoms with E-state index in [2.05, 4.69) is 35.0 Å². The van der Waals surface area contributed by atoms with Gasteiger partial charge in [0.25, 0.3) is 0 Å². The van der Waals surface area contributed by atoms with Gasteiger partial charge in [-0.15, -0.1) is 0 Å². The Morgan fingerprint density at radius 1 is 1.33 bits per heavy atom. The maximum absolute atomic E-state index is 10.9. The minimum absolute atomic E-state index is 0.180. The van der Waals surface area contributed by atoms with E-state index in [0.29, 0.717) is 25.0 Å². The number of hydrogen-bond acceptors (Lipinski definition) is 2. The van der Waals surface area contributed by atoms with Crippen LogP contribution in [0.2, 0.25) is 0 Å². The van der Waals surface area contributed by atoms with Gasteiger partial charge in [0.1, 0.15) is 5.78 Å². The SMILES string of the molecule is Cc1ccc(COCCC(=O)CBr)cc1. The number of ketones is 1. The average molecular weight is 271 g/mol. The van der Waals surface area contributed by atoms with Crippen molar-refractivity contribution in [3.05, 3.63) is 35.4 Å². The lowest BCUT2D eigenvalue weighted by atomic mass is 10.2. The number of benzene rings is 1. The van der Waals surface area contributed by atoms with E-state index in [4.69, 9.17) is 4.74 Å². The third kappa shape index (κ3) is 5.09. The second-order valence-electron chi connectivity index (χ2n) is 3.46. The van der Waals surface area contributed by atoms with Crippen molar-refractivity contribution < 1.29 is 9.53 Å². The van der Waals surface area contributed by atoms with Crippen LogP contribution in [-0.4, -0.2) is 17.7 Å². The number of carbonyl (C=O) groups is 1. The zero-order valence-electron chi connectivity index (χ0n) is 8.83. The van der Waals surface area contributed by atoms with Crippen molar-refractivity contribution in [3.8, 4) is 0 Å². The van der Waals surface area contributed by atoms with Crippen LogP contribution in [0.25, 0.3) is 0 Å². The van der Waals surface area contributed by atoms with Gasteiger partial charge in [-0.25, -0.2) is 0 Å². The number of carbonyl (C=O) groups excluding carboxylic acids is 1. The number of hydrogen-bond donors (Lipinski definition) is 0. The highest BCUT2D eigenvalue weighted by Crippen LogP contribution is 2.04. The fourth-order valence-corrected chi connectivity index (χ4v) is 1.41. The molecule has 0 unspecified atom stereocenters. The minimum Gasteiger partial charge on any atom is -0.376 e. The first-order valence-electron chi connectivity index (χ1n) is 4.93. The molecule has 1 rings (SSSR count). The number of rotatable bonds is 6. The molecule has 0 fully saturated rings. The lowest BCUT2D eigenvalue weighted by molar-refractivity contribution is -0.117. The molecule has 15 heavy (non-hydrogen) atoms. The molecule has 3 heteroatoms. The highest BCUT2D eigenvalue weighted by atomic mass is 79.9. The van der Waals surface area contributed by atoms with Crippen LogP contribution in [0.4, 0.5) is 0 Å². The molecule has 82 valence electrons. The fraction of sp³-hybridized carbons (Fsp3) is 0.417. The van der Waals surface area contributed by atoms with Gasteiger partial charge in [-0.3, -0.25) is 4.79 Å². The Morgan fingerprint density at radius 2 is 2.00 bits per heavy atom. The summed E-state index contributed by atoms with van der Waals surface area (Å²) >= 11 is 3.11. The van der Waals surface area contributed by atoms with Crippen LogP contribution in [0.15, 0.2) is 24.3 Å². The first kappa shape index (κ1) is 12.4. The quantitative estimate of drug-likeness (QED) is 0.587. The van der Waals surface area contributed by atoms with Crippen molar-refractivity contribution >= 4 is 21.7 Å². The van der Waals surface area contributed by atoms with E-state index in [9.17, 15) is 4.79 Å². The second-order valence-corrected chi connectivity index (χ2v) is 4.02. The van der Waals surface area contributed by atoms with E-state index < -0.39 is 0 Å².